The maximum atomic E-state index is 5.68. The van der Waals surface area contributed by atoms with Crippen molar-refractivity contribution >= 4 is 5.71 Å². The molecule has 0 unspecified atom stereocenters. The summed E-state index contributed by atoms with van der Waals surface area (Å²) in [6, 6.07) is 8.52. The average molecular weight is 308 g/mol. The Bertz CT molecular complexity index is 724. The molecule has 0 N–H and O–H groups in total. The van der Waals surface area contributed by atoms with E-state index in [1.807, 2.05) is 19.3 Å². The third-order valence-corrected chi connectivity index (χ3v) is 4.57. The van der Waals surface area contributed by atoms with Gasteiger partial charge in [-0.25, -0.2) is 9.97 Å². The number of nitrogens with zero attached hydrogens (tertiary/aromatic N) is 4. The first-order valence-corrected chi connectivity index (χ1v) is 7.99. The average Bonchev–Trinajstić information content (AvgIpc) is 3.11. The summed E-state index contributed by atoms with van der Waals surface area (Å²) in [6.45, 7) is 6.73. The van der Waals surface area contributed by atoms with Crippen molar-refractivity contribution in [2.24, 2.45) is 11.1 Å². The molecule has 0 amide bonds. The number of aryl methyl sites for hydroxylation is 2. The van der Waals surface area contributed by atoms with E-state index in [4.69, 9.17) is 4.84 Å². The largest absolute Gasteiger partial charge is 0.390 e. The molecule has 5 heteroatoms. The van der Waals surface area contributed by atoms with E-state index in [9.17, 15) is 0 Å². The van der Waals surface area contributed by atoms with Crippen molar-refractivity contribution in [2.75, 3.05) is 13.1 Å². The van der Waals surface area contributed by atoms with Gasteiger partial charge < -0.3 is 4.84 Å². The molecule has 2 aromatic rings. The van der Waals surface area contributed by atoms with Gasteiger partial charge in [-0.05, 0) is 19.4 Å². The van der Waals surface area contributed by atoms with E-state index in [0.29, 0.717) is 5.92 Å². The second-order valence-corrected chi connectivity index (χ2v) is 6.43. The molecule has 1 saturated heterocycles. The highest BCUT2D eigenvalue weighted by molar-refractivity contribution is 6.03. The van der Waals surface area contributed by atoms with Crippen LogP contribution in [-0.2, 0) is 11.4 Å². The molecule has 0 saturated carbocycles. The van der Waals surface area contributed by atoms with Crippen molar-refractivity contribution in [1.82, 2.24) is 14.9 Å². The Kier molecular flexibility index (Phi) is 3.58. The van der Waals surface area contributed by atoms with Crippen LogP contribution in [0.25, 0.3) is 0 Å². The lowest BCUT2D eigenvalue weighted by Gasteiger charge is -2.16. The molecule has 0 aliphatic carbocycles. The van der Waals surface area contributed by atoms with Crippen LogP contribution in [0.2, 0.25) is 0 Å². The molecular formula is C18H20N4O. The first-order chi connectivity index (χ1) is 11.2. The molecule has 2 aliphatic heterocycles. The number of aromatic nitrogens is 2. The quantitative estimate of drug-likeness (QED) is 0.873. The fourth-order valence-corrected chi connectivity index (χ4v) is 3.29. The molecule has 118 valence electrons. The minimum atomic E-state index is 0.165. The Hall–Kier alpha value is -2.27. The monoisotopic (exact) mass is 308 g/mol. The van der Waals surface area contributed by atoms with Crippen molar-refractivity contribution in [3.8, 4) is 0 Å². The maximum absolute atomic E-state index is 5.68. The molecule has 23 heavy (non-hydrogen) atoms. The van der Waals surface area contributed by atoms with Crippen LogP contribution in [-0.4, -0.2) is 39.8 Å². The first-order valence-electron chi connectivity index (χ1n) is 7.99. The molecule has 4 rings (SSSR count). The van der Waals surface area contributed by atoms with Gasteiger partial charge in [0.1, 0.15) is 11.9 Å². The summed E-state index contributed by atoms with van der Waals surface area (Å²) >= 11 is 0. The van der Waals surface area contributed by atoms with Gasteiger partial charge in [0.05, 0.1) is 11.6 Å². The van der Waals surface area contributed by atoms with E-state index in [0.717, 1.165) is 36.7 Å². The number of fused-ring (bicyclic) bond motifs is 1. The third kappa shape index (κ3) is 2.84. The van der Waals surface area contributed by atoms with Gasteiger partial charge in [0.2, 0.25) is 0 Å². The molecular weight excluding hydrogens is 288 g/mol. The van der Waals surface area contributed by atoms with Crippen molar-refractivity contribution < 1.29 is 4.84 Å². The number of oxime groups is 1. The van der Waals surface area contributed by atoms with Gasteiger partial charge in [-0.3, -0.25) is 4.90 Å². The van der Waals surface area contributed by atoms with E-state index in [1.165, 1.54) is 11.1 Å². The highest BCUT2D eigenvalue weighted by Gasteiger charge is 2.42. The Labute approximate surface area is 136 Å². The fraction of sp³-hybridized carbons (Fsp3) is 0.389. The summed E-state index contributed by atoms with van der Waals surface area (Å²) in [7, 11) is 0. The number of likely N-dealkylation sites (tertiary alicyclic amines) is 1. The summed E-state index contributed by atoms with van der Waals surface area (Å²) < 4.78 is 0. The van der Waals surface area contributed by atoms with Gasteiger partial charge in [-0.2, -0.15) is 0 Å². The van der Waals surface area contributed by atoms with E-state index >= 15 is 0 Å². The Balaban J connectivity index is 1.46. The number of benzene rings is 1. The van der Waals surface area contributed by atoms with Crippen LogP contribution in [0, 0.1) is 19.8 Å². The molecule has 0 bridgehead atoms. The van der Waals surface area contributed by atoms with Crippen molar-refractivity contribution in [1.29, 1.82) is 0 Å². The minimum absolute atomic E-state index is 0.165. The fourth-order valence-electron chi connectivity index (χ4n) is 3.29. The zero-order valence-corrected chi connectivity index (χ0v) is 13.4. The van der Waals surface area contributed by atoms with Gasteiger partial charge >= 0.3 is 0 Å². The standard InChI is InChI=1S/C18H20N4O/c1-12-3-5-15(6-4-12)18-16-10-22(11-17(16)23-21-18)9-14-7-19-13(2)20-8-14/h3-8,16-17H,9-11H2,1-2H3/t16-,17+/m1/s1. The second-order valence-electron chi connectivity index (χ2n) is 6.43. The predicted octanol–water partition coefficient (Wildman–Crippen LogP) is 2.33. The molecule has 2 aliphatic rings. The number of hydrogen-bond acceptors (Lipinski definition) is 5. The summed E-state index contributed by atoms with van der Waals surface area (Å²) in [5.74, 6) is 1.16. The Morgan fingerprint density at radius 3 is 2.57 bits per heavy atom. The smallest absolute Gasteiger partial charge is 0.149 e. The lowest BCUT2D eigenvalue weighted by Crippen LogP contribution is -2.23. The topological polar surface area (TPSA) is 50.6 Å². The first kappa shape index (κ1) is 14.3. The van der Waals surface area contributed by atoms with E-state index in [-0.39, 0.29) is 6.10 Å². The number of rotatable bonds is 3. The minimum Gasteiger partial charge on any atom is -0.390 e. The van der Waals surface area contributed by atoms with Crippen LogP contribution in [0.5, 0.6) is 0 Å². The van der Waals surface area contributed by atoms with Crippen LogP contribution < -0.4 is 0 Å². The van der Waals surface area contributed by atoms with E-state index < -0.39 is 0 Å². The Morgan fingerprint density at radius 2 is 1.83 bits per heavy atom. The lowest BCUT2D eigenvalue weighted by molar-refractivity contribution is 0.0745. The predicted molar refractivity (Wildman–Crippen MR) is 88.1 cm³/mol. The maximum Gasteiger partial charge on any atom is 0.149 e. The molecule has 3 heterocycles. The van der Waals surface area contributed by atoms with Crippen molar-refractivity contribution in [3.63, 3.8) is 0 Å². The Morgan fingerprint density at radius 1 is 1.09 bits per heavy atom. The van der Waals surface area contributed by atoms with Gasteiger partial charge in [0, 0.05) is 37.6 Å². The van der Waals surface area contributed by atoms with Crippen LogP contribution in [0.1, 0.15) is 22.5 Å². The number of hydrogen-bond donors (Lipinski definition) is 0. The molecule has 1 aromatic carbocycles. The highest BCUT2D eigenvalue weighted by atomic mass is 16.6. The second kappa shape index (κ2) is 5.74. The summed E-state index contributed by atoms with van der Waals surface area (Å²) in [4.78, 5) is 16.6. The molecule has 0 spiro atoms. The van der Waals surface area contributed by atoms with Gasteiger partial charge in [0.15, 0.2) is 0 Å². The summed E-state index contributed by atoms with van der Waals surface area (Å²) in [5.41, 5.74) is 4.66. The van der Waals surface area contributed by atoms with Gasteiger partial charge in [-0.1, -0.05) is 35.0 Å². The van der Waals surface area contributed by atoms with Crippen LogP contribution >= 0.6 is 0 Å². The van der Waals surface area contributed by atoms with Gasteiger partial charge in [-0.15, -0.1) is 0 Å². The lowest BCUT2D eigenvalue weighted by atomic mass is 9.94. The third-order valence-electron chi connectivity index (χ3n) is 4.57. The molecule has 2 atom stereocenters. The SMILES string of the molecule is Cc1ccc(C2=NO[C@H]3CN(Cc4cnc(C)nc4)C[C@@H]23)cc1. The van der Waals surface area contributed by atoms with Gasteiger partial charge in [0.25, 0.3) is 0 Å². The van der Waals surface area contributed by atoms with E-state index in [2.05, 4.69) is 51.2 Å². The van der Waals surface area contributed by atoms with Crippen molar-refractivity contribution in [3.05, 3.63) is 59.2 Å². The molecule has 1 aromatic heterocycles. The van der Waals surface area contributed by atoms with Crippen LogP contribution in [0.3, 0.4) is 0 Å². The summed E-state index contributed by atoms with van der Waals surface area (Å²) in [6.07, 6.45) is 3.98. The zero-order chi connectivity index (χ0) is 15.8. The molecule has 5 nitrogen and oxygen atoms in total. The highest BCUT2D eigenvalue weighted by Crippen LogP contribution is 2.30. The van der Waals surface area contributed by atoms with Crippen molar-refractivity contribution in [2.45, 2.75) is 26.5 Å². The van der Waals surface area contributed by atoms with Crippen LogP contribution in [0.15, 0.2) is 41.8 Å². The normalized spacial score (nSPS) is 23.5. The molecule has 0 radical (unpaired) electrons. The zero-order valence-electron chi connectivity index (χ0n) is 13.4. The molecule has 1 fully saturated rings. The van der Waals surface area contributed by atoms with Crippen LogP contribution in [0.4, 0.5) is 0 Å². The summed E-state index contributed by atoms with van der Waals surface area (Å²) in [5, 5.41) is 4.34. The van der Waals surface area contributed by atoms with E-state index in [1.54, 1.807) is 0 Å².